The highest BCUT2D eigenvalue weighted by atomic mass is 16.2. The van der Waals surface area contributed by atoms with Crippen LogP contribution in [0.5, 0.6) is 0 Å². The van der Waals surface area contributed by atoms with Crippen molar-refractivity contribution in [3.05, 3.63) is 76.1 Å². The zero-order chi connectivity index (χ0) is 25.7. The molecule has 36 heavy (non-hydrogen) atoms. The number of aromatic amines is 1. The van der Waals surface area contributed by atoms with E-state index in [0.717, 1.165) is 60.6 Å². The van der Waals surface area contributed by atoms with Crippen molar-refractivity contribution in [1.82, 2.24) is 14.9 Å². The van der Waals surface area contributed by atoms with Crippen LogP contribution in [0.2, 0.25) is 0 Å². The number of nitriles is 1. The van der Waals surface area contributed by atoms with E-state index < -0.39 is 0 Å². The topological polar surface area (TPSA) is 72.8 Å². The predicted molar refractivity (Wildman–Crippen MR) is 145 cm³/mol. The Morgan fingerprint density at radius 1 is 1.08 bits per heavy atom. The van der Waals surface area contributed by atoms with Crippen molar-refractivity contribution in [2.75, 3.05) is 13.1 Å². The summed E-state index contributed by atoms with van der Waals surface area (Å²) in [7, 11) is 0. The molecule has 0 atom stereocenters. The summed E-state index contributed by atoms with van der Waals surface area (Å²) in [6.45, 7) is 9.70. The maximum atomic E-state index is 13.6. The lowest BCUT2D eigenvalue weighted by Crippen LogP contribution is -2.38. The van der Waals surface area contributed by atoms with Gasteiger partial charge in [-0.2, -0.15) is 5.26 Å². The molecular formula is C31H38N4O. The number of amides is 1. The van der Waals surface area contributed by atoms with E-state index in [1.165, 1.54) is 30.4 Å². The maximum Gasteiger partial charge on any atom is 0.254 e. The molecule has 2 fully saturated rings. The molecule has 5 rings (SSSR count). The number of aryl methyl sites for hydroxylation is 2. The average Bonchev–Trinajstić information content (AvgIpc) is 3.38. The van der Waals surface area contributed by atoms with Gasteiger partial charge in [0, 0.05) is 36.1 Å². The normalized spacial score (nSPS) is 16.0. The number of rotatable bonds is 5. The highest BCUT2D eigenvalue weighted by molar-refractivity contribution is 5.97. The van der Waals surface area contributed by atoms with Gasteiger partial charge in [0.25, 0.3) is 5.91 Å². The summed E-state index contributed by atoms with van der Waals surface area (Å²) in [6.07, 6.45) is 8.42. The van der Waals surface area contributed by atoms with E-state index in [0.29, 0.717) is 17.4 Å². The minimum absolute atomic E-state index is 0.124. The lowest BCUT2D eigenvalue weighted by atomic mass is 9.77. The van der Waals surface area contributed by atoms with Gasteiger partial charge in [-0.25, -0.2) is 4.98 Å². The first kappa shape index (κ1) is 25.7. The van der Waals surface area contributed by atoms with E-state index in [-0.39, 0.29) is 5.91 Å². The van der Waals surface area contributed by atoms with Crippen LogP contribution in [0.1, 0.15) is 103 Å². The number of likely N-dealkylation sites (tertiary alicyclic amines) is 1. The van der Waals surface area contributed by atoms with Gasteiger partial charge in [0.05, 0.1) is 11.6 Å². The van der Waals surface area contributed by atoms with Gasteiger partial charge in [0.1, 0.15) is 5.82 Å². The molecule has 0 spiro atoms. The van der Waals surface area contributed by atoms with Crippen LogP contribution >= 0.6 is 0 Å². The van der Waals surface area contributed by atoms with Crippen LogP contribution in [0.4, 0.5) is 0 Å². The molecule has 1 aliphatic heterocycles. The summed E-state index contributed by atoms with van der Waals surface area (Å²) in [6, 6.07) is 14.4. The molecule has 1 N–H and O–H groups in total. The molecule has 1 aromatic heterocycles. The Hall–Kier alpha value is -3.39. The van der Waals surface area contributed by atoms with Gasteiger partial charge < -0.3 is 9.88 Å². The molecule has 1 saturated carbocycles. The average molecular weight is 483 g/mol. The number of H-pyrrole nitrogens is 1. The minimum atomic E-state index is 0.124. The Morgan fingerprint density at radius 2 is 1.78 bits per heavy atom. The summed E-state index contributed by atoms with van der Waals surface area (Å²) in [4.78, 5) is 23.7. The lowest BCUT2D eigenvalue weighted by Gasteiger charge is -2.33. The molecule has 0 unspecified atom stereocenters. The molecule has 1 aliphatic carbocycles. The van der Waals surface area contributed by atoms with Crippen molar-refractivity contribution in [2.45, 2.75) is 78.1 Å². The smallest absolute Gasteiger partial charge is 0.254 e. The Labute approximate surface area is 215 Å². The summed E-state index contributed by atoms with van der Waals surface area (Å²) in [5.74, 6) is 2.01. The third kappa shape index (κ3) is 5.23. The van der Waals surface area contributed by atoms with Crippen molar-refractivity contribution in [1.29, 1.82) is 5.26 Å². The number of carbonyl (C=O) groups is 1. The lowest BCUT2D eigenvalue weighted by molar-refractivity contribution is 0.0712. The quantitative estimate of drug-likeness (QED) is 0.420. The van der Waals surface area contributed by atoms with Crippen molar-refractivity contribution in [2.24, 2.45) is 0 Å². The number of imidazole rings is 1. The molecule has 2 heterocycles. The van der Waals surface area contributed by atoms with Gasteiger partial charge in [-0.1, -0.05) is 45.4 Å². The van der Waals surface area contributed by atoms with E-state index in [9.17, 15) is 4.79 Å². The first-order valence-electron chi connectivity index (χ1n) is 13.6. The van der Waals surface area contributed by atoms with Crippen molar-refractivity contribution in [3.8, 4) is 17.5 Å². The monoisotopic (exact) mass is 482 g/mol. The molecule has 2 aromatic carbocycles. The second-order valence-corrected chi connectivity index (χ2v) is 9.79. The number of aromatic nitrogens is 2. The zero-order valence-electron chi connectivity index (χ0n) is 22.1. The molecule has 5 nitrogen and oxygen atoms in total. The van der Waals surface area contributed by atoms with Gasteiger partial charge in [-0.05, 0) is 85.8 Å². The first-order chi connectivity index (χ1) is 17.6. The van der Waals surface area contributed by atoms with E-state index >= 15 is 0 Å². The van der Waals surface area contributed by atoms with Crippen LogP contribution in [0.3, 0.4) is 0 Å². The van der Waals surface area contributed by atoms with Gasteiger partial charge in [-0.3, -0.25) is 4.79 Å². The molecule has 3 aromatic rings. The number of piperidine rings is 1. The minimum Gasteiger partial charge on any atom is -0.342 e. The fourth-order valence-corrected chi connectivity index (χ4v) is 5.31. The van der Waals surface area contributed by atoms with Crippen molar-refractivity contribution < 1.29 is 4.79 Å². The number of nitrogens with zero attached hydrogens (tertiary/aromatic N) is 3. The Balaban J connectivity index is 0.00000148. The Kier molecular flexibility index (Phi) is 8.25. The summed E-state index contributed by atoms with van der Waals surface area (Å²) < 4.78 is 0. The summed E-state index contributed by atoms with van der Waals surface area (Å²) >= 11 is 0. The van der Waals surface area contributed by atoms with E-state index in [1.807, 2.05) is 37.1 Å². The van der Waals surface area contributed by atoms with Gasteiger partial charge in [0.2, 0.25) is 0 Å². The summed E-state index contributed by atoms with van der Waals surface area (Å²) in [5.41, 5.74) is 7.35. The fraction of sp³-hybridized carbons (Fsp3) is 0.452. The van der Waals surface area contributed by atoms with E-state index in [1.54, 1.807) is 0 Å². The van der Waals surface area contributed by atoms with Crippen LogP contribution in [0, 0.1) is 18.3 Å². The fourth-order valence-electron chi connectivity index (χ4n) is 5.31. The zero-order valence-corrected chi connectivity index (χ0v) is 22.1. The van der Waals surface area contributed by atoms with Crippen LogP contribution in [-0.2, 0) is 6.42 Å². The van der Waals surface area contributed by atoms with E-state index in [4.69, 9.17) is 5.26 Å². The standard InChI is InChI=1S/C29H32N4O.C2H6/c1-3-24-18-31-28(32-24)27-16-25(19(2)15-26(27)23-5-4-6-23)29(34)33-13-11-22(12-14-33)21-9-7-20(17-30)8-10-21;1-2/h7-10,15-16,18,22-23H,3-6,11-14H2,1-2H3,(H,31,32);1-2H3. The van der Waals surface area contributed by atoms with Gasteiger partial charge in [0.15, 0.2) is 0 Å². The number of benzene rings is 2. The van der Waals surface area contributed by atoms with Crippen LogP contribution in [-0.4, -0.2) is 33.9 Å². The molecule has 5 heteroatoms. The molecule has 0 bridgehead atoms. The van der Waals surface area contributed by atoms with Gasteiger partial charge >= 0.3 is 0 Å². The van der Waals surface area contributed by atoms with Gasteiger partial charge in [-0.15, -0.1) is 0 Å². The van der Waals surface area contributed by atoms with E-state index in [2.05, 4.69) is 54.2 Å². The number of hydrogen-bond donors (Lipinski definition) is 1. The second kappa shape index (κ2) is 11.6. The molecule has 188 valence electrons. The van der Waals surface area contributed by atoms with Crippen LogP contribution in [0.15, 0.2) is 42.6 Å². The molecule has 1 saturated heterocycles. The van der Waals surface area contributed by atoms with Crippen LogP contribution < -0.4 is 0 Å². The maximum absolute atomic E-state index is 13.6. The molecule has 2 aliphatic rings. The SMILES string of the molecule is CC.CCc1cnc(-c2cc(C(=O)N3CCC(c4ccc(C#N)cc4)CC3)c(C)cc2C2CCC2)[nH]1. The molecular weight excluding hydrogens is 444 g/mol. The number of carbonyl (C=O) groups excluding carboxylic acids is 1. The highest BCUT2D eigenvalue weighted by Crippen LogP contribution is 2.42. The number of hydrogen-bond acceptors (Lipinski definition) is 3. The summed E-state index contributed by atoms with van der Waals surface area (Å²) in [5, 5.41) is 9.04. The molecule has 0 radical (unpaired) electrons. The first-order valence-corrected chi connectivity index (χ1v) is 13.6. The highest BCUT2D eigenvalue weighted by Gasteiger charge is 2.29. The number of nitrogens with one attached hydrogen (secondary N) is 1. The Morgan fingerprint density at radius 3 is 2.33 bits per heavy atom. The second-order valence-electron chi connectivity index (χ2n) is 9.79. The Bertz CT molecular complexity index is 1220. The third-order valence-electron chi connectivity index (χ3n) is 7.73. The largest absolute Gasteiger partial charge is 0.342 e. The predicted octanol–water partition coefficient (Wildman–Crippen LogP) is 7.13. The van der Waals surface area contributed by atoms with Crippen molar-refractivity contribution in [3.63, 3.8) is 0 Å². The van der Waals surface area contributed by atoms with Crippen LogP contribution in [0.25, 0.3) is 11.4 Å². The van der Waals surface area contributed by atoms with Crippen molar-refractivity contribution >= 4 is 5.91 Å². The third-order valence-corrected chi connectivity index (χ3v) is 7.73. The molecule has 1 amide bonds.